The molecule has 3 heterocycles. The maximum Gasteiger partial charge on any atom is 0.339 e. The molecule has 9 atom stereocenters. The van der Waals surface area contributed by atoms with Crippen molar-refractivity contribution in [1.82, 2.24) is 0 Å². The smallest absolute Gasteiger partial charge is 0.339 e. The van der Waals surface area contributed by atoms with Gasteiger partial charge in [-0.15, -0.1) is 0 Å². The molecule has 6 rings (SSSR count). The zero-order valence-electron chi connectivity index (χ0n) is 19.4. The number of ether oxygens (including phenoxy) is 2. The first-order valence-electron chi connectivity index (χ1n) is 12.1. The van der Waals surface area contributed by atoms with Crippen LogP contribution in [0.3, 0.4) is 0 Å². The average molecular weight is 429 g/mol. The van der Waals surface area contributed by atoms with Crippen molar-refractivity contribution in [2.45, 2.75) is 97.1 Å². The molecule has 170 valence electrons. The number of cyclic esters (lactones) is 1. The molecule has 0 radical (unpaired) electrons. The largest absolute Gasteiger partial charge is 0.472 e. The highest BCUT2D eigenvalue weighted by Crippen LogP contribution is 2.80. The second kappa shape index (κ2) is 5.77. The first-order valence-corrected chi connectivity index (χ1v) is 12.1. The van der Waals surface area contributed by atoms with Crippen LogP contribution in [0.15, 0.2) is 23.0 Å². The minimum Gasteiger partial charge on any atom is -0.472 e. The number of furan rings is 1. The highest BCUT2D eigenvalue weighted by atomic mass is 16.7. The molecule has 3 aliphatic carbocycles. The maximum absolute atomic E-state index is 13.0. The van der Waals surface area contributed by atoms with Crippen molar-refractivity contribution < 1.29 is 23.8 Å². The summed E-state index contributed by atoms with van der Waals surface area (Å²) in [6.45, 7) is 11.7. The number of fused-ring (bicyclic) bond motifs is 3. The fourth-order valence-electron chi connectivity index (χ4n) is 9.64. The van der Waals surface area contributed by atoms with E-state index >= 15 is 0 Å². The lowest BCUT2D eigenvalue weighted by molar-refractivity contribution is -0.239. The van der Waals surface area contributed by atoms with Crippen LogP contribution in [-0.4, -0.2) is 28.9 Å². The summed E-state index contributed by atoms with van der Waals surface area (Å²) in [5, 5.41) is 10.8. The van der Waals surface area contributed by atoms with E-state index in [9.17, 15) is 9.90 Å². The van der Waals surface area contributed by atoms with Gasteiger partial charge in [-0.25, -0.2) is 4.79 Å². The van der Waals surface area contributed by atoms with Crippen LogP contribution >= 0.6 is 0 Å². The second-order valence-corrected chi connectivity index (χ2v) is 12.5. The Kier molecular flexibility index (Phi) is 3.78. The second-order valence-electron chi connectivity index (χ2n) is 12.5. The summed E-state index contributed by atoms with van der Waals surface area (Å²) in [5.74, 6) is 0.747. The van der Waals surface area contributed by atoms with Crippen LogP contribution in [0, 0.1) is 33.5 Å². The van der Waals surface area contributed by atoms with Crippen LogP contribution in [0.5, 0.6) is 0 Å². The summed E-state index contributed by atoms with van der Waals surface area (Å²) < 4.78 is 17.9. The Morgan fingerprint density at radius 1 is 0.935 bits per heavy atom. The highest BCUT2D eigenvalue weighted by molar-refractivity contribution is 5.82. The lowest BCUT2D eigenvalue weighted by atomic mass is 9.35. The van der Waals surface area contributed by atoms with E-state index in [1.807, 2.05) is 6.07 Å². The average Bonchev–Trinajstić information content (AvgIpc) is 3.28. The molecule has 5 aliphatic rings. The molecule has 5 nitrogen and oxygen atoms in total. The molecule has 0 aromatic carbocycles. The number of hydrogen-bond acceptors (Lipinski definition) is 5. The third-order valence-corrected chi connectivity index (χ3v) is 11.2. The Morgan fingerprint density at radius 3 is 2.35 bits per heavy atom. The molecule has 2 aliphatic heterocycles. The third-order valence-electron chi connectivity index (χ3n) is 11.2. The molecule has 1 spiro atoms. The minimum atomic E-state index is -0.478. The number of hydrogen-bond donors (Lipinski definition) is 1. The van der Waals surface area contributed by atoms with E-state index in [0.717, 1.165) is 44.1 Å². The van der Waals surface area contributed by atoms with Gasteiger partial charge in [-0.2, -0.15) is 0 Å². The first-order chi connectivity index (χ1) is 14.5. The van der Waals surface area contributed by atoms with Gasteiger partial charge in [0.05, 0.1) is 18.6 Å². The number of aliphatic hydroxyl groups excluding tert-OH is 1. The van der Waals surface area contributed by atoms with Gasteiger partial charge in [-0.05, 0) is 67.3 Å². The summed E-state index contributed by atoms with van der Waals surface area (Å²) in [4.78, 5) is 13.0. The topological polar surface area (TPSA) is 72.2 Å². The fourth-order valence-corrected chi connectivity index (χ4v) is 9.64. The molecule has 1 aromatic rings. The van der Waals surface area contributed by atoms with E-state index in [-0.39, 0.29) is 39.8 Å². The van der Waals surface area contributed by atoms with Crippen LogP contribution in [-0.2, 0) is 14.3 Å². The maximum atomic E-state index is 13.0. The van der Waals surface area contributed by atoms with Gasteiger partial charge in [-0.3, -0.25) is 0 Å². The standard InChI is InChI=1S/C26H36O5/c1-22(2)16-6-11-24(4)17(23(16,3)10-8-18(22)27)7-12-25(5)19(15-9-13-29-14-15)30-21(28)20-26(24,25)31-20/h9,13-14,16-20,27H,6-8,10-12H2,1-5H3/t16?,17?,18-,19-,20+,23-,24+,25-,26-/m0/s1. The summed E-state index contributed by atoms with van der Waals surface area (Å²) in [6, 6.07) is 1.93. The molecule has 5 heteroatoms. The van der Waals surface area contributed by atoms with Gasteiger partial charge in [0.15, 0.2) is 6.10 Å². The molecule has 31 heavy (non-hydrogen) atoms. The van der Waals surface area contributed by atoms with Gasteiger partial charge < -0.3 is 19.0 Å². The summed E-state index contributed by atoms with van der Waals surface area (Å²) >= 11 is 0. The monoisotopic (exact) mass is 428 g/mol. The molecule has 0 amide bonds. The zero-order chi connectivity index (χ0) is 22.0. The number of carbonyl (C=O) groups excluding carboxylic acids is 1. The van der Waals surface area contributed by atoms with E-state index in [0.29, 0.717) is 11.8 Å². The van der Waals surface area contributed by atoms with E-state index in [1.54, 1.807) is 12.5 Å². The molecular formula is C26H36O5. The van der Waals surface area contributed by atoms with Crippen molar-refractivity contribution >= 4 is 5.97 Å². The van der Waals surface area contributed by atoms with Crippen molar-refractivity contribution in [3.63, 3.8) is 0 Å². The first kappa shape index (κ1) is 20.3. The van der Waals surface area contributed by atoms with Gasteiger partial charge in [0.1, 0.15) is 11.7 Å². The molecule has 2 unspecified atom stereocenters. The Hall–Kier alpha value is -1.33. The quantitative estimate of drug-likeness (QED) is 0.501. The molecule has 5 fully saturated rings. The van der Waals surface area contributed by atoms with Gasteiger partial charge in [0, 0.05) is 16.4 Å². The lowest BCUT2D eigenvalue weighted by Gasteiger charge is -2.69. The molecule has 0 bridgehead atoms. The lowest BCUT2D eigenvalue weighted by Crippen LogP contribution is -2.69. The number of carbonyl (C=O) groups is 1. The molecular weight excluding hydrogens is 392 g/mol. The van der Waals surface area contributed by atoms with E-state index in [2.05, 4.69) is 34.6 Å². The van der Waals surface area contributed by atoms with E-state index in [1.165, 1.54) is 0 Å². The molecule has 2 saturated heterocycles. The Morgan fingerprint density at radius 2 is 1.65 bits per heavy atom. The number of rotatable bonds is 1. The van der Waals surface area contributed by atoms with Crippen molar-refractivity contribution in [2.24, 2.45) is 33.5 Å². The fraction of sp³-hybridized carbons (Fsp3) is 0.808. The predicted molar refractivity (Wildman–Crippen MR) is 114 cm³/mol. The summed E-state index contributed by atoms with van der Waals surface area (Å²) in [6.07, 6.45) is 8.47. The third kappa shape index (κ3) is 2.09. The number of esters is 1. The van der Waals surface area contributed by atoms with Crippen molar-refractivity contribution in [1.29, 1.82) is 0 Å². The van der Waals surface area contributed by atoms with Gasteiger partial charge in [0.25, 0.3) is 0 Å². The Balaban J connectivity index is 1.46. The van der Waals surface area contributed by atoms with Crippen molar-refractivity contribution in [3.8, 4) is 0 Å². The van der Waals surface area contributed by atoms with Gasteiger partial charge in [-0.1, -0.05) is 34.6 Å². The Labute approximate surface area is 184 Å². The van der Waals surface area contributed by atoms with Crippen LogP contribution < -0.4 is 0 Å². The van der Waals surface area contributed by atoms with Crippen LogP contribution in [0.4, 0.5) is 0 Å². The Bertz CT molecular complexity index is 922. The summed E-state index contributed by atoms with van der Waals surface area (Å²) in [5.41, 5.74) is 0.168. The normalized spacial score (nSPS) is 54.6. The molecule has 1 N–H and O–H groups in total. The summed E-state index contributed by atoms with van der Waals surface area (Å²) in [7, 11) is 0. The van der Waals surface area contributed by atoms with Crippen molar-refractivity contribution in [3.05, 3.63) is 24.2 Å². The predicted octanol–water partition coefficient (Wildman–Crippen LogP) is 5.03. The van der Waals surface area contributed by atoms with Gasteiger partial charge in [0.2, 0.25) is 0 Å². The van der Waals surface area contributed by atoms with Gasteiger partial charge >= 0.3 is 5.97 Å². The SMILES string of the molecule is CC1(C)C2CC[C@]3(C)C(CC[C@@]4(C)[C@H](c5ccoc5)OC(=O)[C@H]5O[C@]543)[C@@]2(C)CC[C@@H]1O. The van der Waals surface area contributed by atoms with Crippen LogP contribution in [0.25, 0.3) is 0 Å². The molecule has 3 saturated carbocycles. The van der Waals surface area contributed by atoms with Crippen LogP contribution in [0.1, 0.15) is 84.8 Å². The minimum absolute atomic E-state index is 0.0820. The van der Waals surface area contributed by atoms with E-state index < -0.39 is 11.7 Å². The zero-order valence-corrected chi connectivity index (χ0v) is 19.4. The molecule has 1 aromatic heterocycles. The number of epoxide rings is 1. The number of aliphatic hydroxyl groups is 1. The highest BCUT2D eigenvalue weighted by Gasteiger charge is 2.86. The van der Waals surface area contributed by atoms with E-state index in [4.69, 9.17) is 13.9 Å². The van der Waals surface area contributed by atoms with Crippen molar-refractivity contribution in [2.75, 3.05) is 0 Å². The van der Waals surface area contributed by atoms with Crippen LogP contribution in [0.2, 0.25) is 0 Å².